The molecule has 5 N–H and O–H groups in total. The van der Waals surface area contributed by atoms with E-state index in [1.165, 1.54) is 12.8 Å². The Labute approximate surface area is 292 Å². The first-order valence-corrected chi connectivity index (χ1v) is 19.1. The third-order valence-corrected chi connectivity index (χ3v) is 13.0. The van der Waals surface area contributed by atoms with Gasteiger partial charge in [-0.25, -0.2) is 4.79 Å². The number of Topliss-reactive ketones (excluding diaryl/α,β-unsaturated/α-hetero) is 1. The lowest BCUT2D eigenvalue weighted by Crippen LogP contribution is -2.60. The maximum atomic E-state index is 13.9. The normalized spacial score (nSPS) is 26.6. The Bertz CT molecular complexity index is 1210. The smallest absolute Gasteiger partial charge is 0.315 e. The minimum atomic E-state index is -1.06. The number of rotatable bonds is 14. The number of carbonyl (C=O) groups is 5. The second kappa shape index (κ2) is 16.1. The fourth-order valence-corrected chi connectivity index (χ4v) is 8.91. The van der Waals surface area contributed by atoms with Crippen LogP contribution in [0.25, 0.3) is 0 Å². The van der Waals surface area contributed by atoms with Crippen molar-refractivity contribution in [1.29, 1.82) is 0 Å². The van der Waals surface area contributed by atoms with Crippen LogP contribution in [0.1, 0.15) is 111 Å². The maximum absolute atomic E-state index is 13.9. The van der Waals surface area contributed by atoms with Gasteiger partial charge in [-0.3, -0.25) is 24.1 Å². The fourth-order valence-electron chi connectivity index (χ4n) is 8.91. The Kier molecular flexibility index (Phi) is 12.3. The molecule has 5 amide bonds. The van der Waals surface area contributed by atoms with Crippen LogP contribution in [0.5, 0.6) is 0 Å². The molecule has 5 fully saturated rings. The van der Waals surface area contributed by atoms with Crippen molar-refractivity contribution in [3.63, 3.8) is 0 Å². The standard InChI is InChI=1S/C37H62N6O6/c1-36(2)23-49-17-16-42(36)22-29(25-12-6-5-7-13-25)41-35(48)39-20-31(44)43-21-27(37(3,4)26-14-9-15-26)19-30(43)34(47)40-28(32(45)33(38)46)18-24-10-8-11-24/h24-30H,5-23H2,1-4H3,(H2,38,46)(H,40,47)(H2,39,41,48)/t27?,28?,29-,30?/m1/s1. The minimum absolute atomic E-state index is 0.0545. The van der Waals surface area contributed by atoms with Crippen LogP contribution in [0.3, 0.4) is 0 Å². The molecule has 5 aliphatic rings. The highest BCUT2D eigenvalue weighted by atomic mass is 16.5. The molecule has 0 aromatic heterocycles. The molecule has 0 bridgehead atoms. The van der Waals surface area contributed by atoms with Gasteiger partial charge >= 0.3 is 6.03 Å². The third kappa shape index (κ3) is 9.15. The Hall–Kier alpha value is -2.73. The van der Waals surface area contributed by atoms with Crippen molar-refractivity contribution in [1.82, 2.24) is 25.8 Å². The topological polar surface area (TPSA) is 163 Å². The van der Waals surface area contributed by atoms with Crippen molar-refractivity contribution in [2.45, 2.75) is 135 Å². The van der Waals surface area contributed by atoms with E-state index in [0.717, 1.165) is 70.9 Å². The lowest BCUT2D eigenvalue weighted by Gasteiger charge is -2.45. The number of nitrogens with one attached hydrogen (secondary N) is 3. The van der Waals surface area contributed by atoms with Crippen LogP contribution in [0.2, 0.25) is 0 Å². The zero-order valence-corrected chi connectivity index (χ0v) is 30.4. The van der Waals surface area contributed by atoms with Crippen molar-refractivity contribution in [3.8, 4) is 0 Å². The van der Waals surface area contributed by atoms with E-state index < -0.39 is 29.7 Å². The molecule has 0 aromatic carbocycles. The molecule has 0 spiro atoms. The second-order valence-electron chi connectivity index (χ2n) is 16.9. The van der Waals surface area contributed by atoms with Crippen molar-refractivity contribution in [2.75, 3.05) is 39.4 Å². The lowest BCUT2D eigenvalue weighted by atomic mass is 9.61. The summed E-state index contributed by atoms with van der Waals surface area (Å²) in [6, 6.07) is -2.23. The van der Waals surface area contributed by atoms with Gasteiger partial charge in [0.1, 0.15) is 6.04 Å². The number of primary amides is 1. The first-order chi connectivity index (χ1) is 23.3. The van der Waals surface area contributed by atoms with E-state index in [4.69, 9.17) is 10.5 Å². The van der Waals surface area contributed by atoms with E-state index in [1.54, 1.807) is 4.90 Å². The van der Waals surface area contributed by atoms with E-state index in [2.05, 4.69) is 48.5 Å². The molecule has 4 atom stereocenters. The Morgan fingerprint density at radius 3 is 2.20 bits per heavy atom. The van der Waals surface area contributed by atoms with E-state index in [-0.39, 0.29) is 47.3 Å². The largest absolute Gasteiger partial charge is 0.378 e. The minimum Gasteiger partial charge on any atom is -0.378 e. The molecule has 0 aromatic rings. The number of ketones is 1. The van der Waals surface area contributed by atoms with Crippen LogP contribution >= 0.6 is 0 Å². The number of urea groups is 1. The number of likely N-dealkylation sites (tertiary alicyclic amines) is 1. The second-order valence-corrected chi connectivity index (χ2v) is 16.9. The maximum Gasteiger partial charge on any atom is 0.315 e. The van der Waals surface area contributed by atoms with Crippen LogP contribution in [0.4, 0.5) is 4.79 Å². The predicted molar refractivity (Wildman–Crippen MR) is 186 cm³/mol. The summed E-state index contributed by atoms with van der Waals surface area (Å²) in [5.74, 6) is -1.40. The highest BCUT2D eigenvalue weighted by Crippen LogP contribution is 2.50. The van der Waals surface area contributed by atoms with Crippen LogP contribution < -0.4 is 21.7 Å². The van der Waals surface area contributed by atoms with E-state index in [1.807, 2.05) is 0 Å². The van der Waals surface area contributed by atoms with Gasteiger partial charge in [0.2, 0.25) is 17.6 Å². The number of nitrogens with two attached hydrogens (primary N) is 1. The number of hydrogen-bond acceptors (Lipinski definition) is 7. The Morgan fingerprint density at radius 2 is 1.61 bits per heavy atom. The van der Waals surface area contributed by atoms with Gasteiger partial charge in [0.15, 0.2) is 0 Å². The molecular weight excluding hydrogens is 624 g/mol. The van der Waals surface area contributed by atoms with Gasteiger partial charge in [-0.2, -0.15) is 0 Å². The molecule has 49 heavy (non-hydrogen) atoms. The molecule has 276 valence electrons. The number of carbonyl (C=O) groups excluding carboxylic acids is 5. The first-order valence-electron chi connectivity index (χ1n) is 19.1. The van der Waals surface area contributed by atoms with Gasteiger partial charge in [-0.05, 0) is 81.5 Å². The molecule has 12 heteroatoms. The zero-order chi connectivity index (χ0) is 35.3. The molecule has 2 heterocycles. The molecular formula is C37H62N6O6. The lowest BCUT2D eigenvalue weighted by molar-refractivity contribution is -0.141. The van der Waals surface area contributed by atoms with Gasteiger partial charge in [-0.1, -0.05) is 58.8 Å². The summed E-state index contributed by atoms with van der Waals surface area (Å²) >= 11 is 0. The fraction of sp³-hybridized carbons (Fsp3) is 0.865. The van der Waals surface area contributed by atoms with E-state index >= 15 is 0 Å². The summed E-state index contributed by atoms with van der Waals surface area (Å²) in [7, 11) is 0. The van der Waals surface area contributed by atoms with Gasteiger partial charge in [0.25, 0.3) is 5.91 Å². The number of hydrogen-bond donors (Lipinski definition) is 4. The Balaban J connectivity index is 1.25. The summed E-state index contributed by atoms with van der Waals surface area (Å²) in [5.41, 5.74) is 5.16. The monoisotopic (exact) mass is 686 g/mol. The zero-order valence-electron chi connectivity index (χ0n) is 30.4. The van der Waals surface area contributed by atoms with Crippen LogP contribution in [-0.4, -0.2) is 102 Å². The molecule has 12 nitrogen and oxygen atoms in total. The third-order valence-electron chi connectivity index (χ3n) is 13.0. The Morgan fingerprint density at radius 1 is 0.918 bits per heavy atom. The number of amides is 5. The summed E-state index contributed by atoms with van der Waals surface area (Å²) in [6.45, 7) is 11.8. The van der Waals surface area contributed by atoms with Crippen LogP contribution in [-0.2, 0) is 23.9 Å². The summed E-state index contributed by atoms with van der Waals surface area (Å²) in [5, 5.41) is 8.89. The average Bonchev–Trinajstić information content (AvgIpc) is 3.47. The van der Waals surface area contributed by atoms with Gasteiger partial charge in [-0.15, -0.1) is 0 Å². The van der Waals surface area contributed by atoms with Gasteiger partial charge in [0, 0.05) is 31.2 Å². The summed E-state index contributed by atoms with van der Waals surface area (Å²) in [4.78, 5) is 69.8. The van der Waals surface area contributed by atoms with Gasteiger partial charge in [0.05, 0.1) is 25.8 Å². The van der Waals surface area contributed by atoms with Crippen molar-refractivity contribution < 1.29 is 28.7 Å². The highest BCUT2D eigenvalue weighted by molar-refractivity contribution is 6.37. The first kappa shape index (κ1) is 37.5. The van der Waals surface area contributed by atoms with Crippen molar-refractivity contribution in [3.05, 3.63) is 0 Å². The molecule has 3 aliphatic carbocycles. The molecule has 3 saturated carbocycles. The van der Waals surface area contributed by atoms with Crippen LogP contribution in [0, 0.1) is 29.1 Å². The number of ether oxygens (including phenoxy) is 1. The van der Waals surface area contributed by atoms with Gasteiger partial charge < -0.3 is 31.3 Å². The summed E-state index contributed by atoms with van der Waals surface area (Å²) in [6.07, 6.45) is 12.9. The quantitative estimate of drug-likeness (QED) is 0.204. The molecule has 2 saturated heterocycles. The SMILES string of the molecule is CC(C)(C1CCC1)C1CC(C(=O)NC(CC2CCC2)C(=O)C(N)=O)N(C(=O)CNC(=O)N[C@H](CN2CCOCC2(C)C)C2CCCCC2)C1. The van der Waals surface area contributed by atoms with E-state index in [9.17, 15) is 24.0 Å². The van der Waals surface area contributed by atoms with E-state index in [0.29, 0.717) is 44.4 Å². The van der Waals surface area contributed by atoms with Crippen LogP contribution in [0.15, 0.2) is 0 Å². The molecule has 5 rings (SSSR count). The predicted octanol–water partition coefficient (Wildman–Crippen LogP) is 3.12. The number of nitrogens with zero attached hydrogens (tertiary/aromatic N) is 2. The molecule has 0 radical (unpaired) electrons. The summed E-state index contributed by atoms with van der Waals surface area (Å²) < 4.78 is 5.73. The molecule has 2 aliphatic heterocycles. The molecule has 3 unspecified atom stereocenters. The number of morpholine rings is 1. The van der Waals surface area contributed by atoms with Crippen molar-refractivity contribution >= 4 is 29.5 Å². The highest BCUT2D eigenvalue weighted by Gasteiger charge is 2.49. The average molecular weight is 687 g/mol. The van der Waals surface area contributed by atoms with Crippen molar-refractivity contribution in [2.24, 2.45) is 34.8 Å².